The molecule has 224 valence electrons. The number of pyridine rings is 1. The third-order valence-electron chi connectivity index (χ3n) is 8.53. The number of rotatable bonds is 6. The molecule has 2 heterocycles. The van der Waals surface area contributed by atoms with Crippen molar-refractivity contribution in [3.8, 4) is 73.4 Å². The molecule has 2 aromatic heterocycles. The number of para-hydroxylation sites is 2. The van der Waals surface area contributed by atoms with E-state index in [1.807, 2.05) is 72.8 Å². The number of fused-ring (bicyclic) bond motifs is 1. The molecule has 4 heteroatoms. The predicted molar refractivity (Wildman–Crippen MR) is 195 cm³/mol. The first-order valence-corrected chi connectivity index (χ1v) is 15.8. The molecule has 0 N–H and O–H groups in total. The maximum Gasteiger partial charge on any atom is 0.0991 e. The largest absolute Gasteiger partial charge is 0.248 e. The highest BCUT2D eigenvalue weighted by Gasteiger charge is 2.15. The highest BCUT2D eigenvalue weighted by molar-refractivity contribution is 5.87. The van der Waals surface area contributed by atoms with Crippen LogP contribution in [0, 0.1) is 11.3 Å². The topological polar surface area (TPSA) is 62.5 Å². The van der Waals surface area contributed by atoms with Crippen molar-refractivity contribution in [3.05, 3.63) is 175 Å². The molecule has 0 aliphatic carbocycles. The summed E-state index contributed by atoms with van der Waals surface area (Å²) in [6.07, 6.45) is 0. The summed E-state index contributed by atoms with van der Waals surface area (Å²) < 4.78 is 0. The summed E-state index contributed by atoms with van der Waals surface area (Å²) in [6, 6.07) is 59.8. The van der Waals surface area contributed by atoms with Crippen LogP contribution in [0.2, 0.25) is 0 Å². The third kappa shape index (κ3) is 5.73. The molecule has 0 spiro atoms. The zero-order valence-electron chi connectivity index (χ0n) is 26.0. The Balaban J connectivity index is 1.20. The zero-order chi connectivity index (χ0) is 32.3. The lowest BCUT2D eigenvalue weighted by molar-refractivity contribution is 1.29. The Morgan fingerprint density at radius 2 is 0.708 bits per heavy atom. The van der Waals surface area contributed by atoms with E-state index < -0.39 is 0 Å². The molecule has 4 nitrogen and oxygen atoms in total. The molecule has 0 unspecified atom stereocenters. The predicted octanol–water partition coefficient (Wildman–Crippen LogP) is 10.9. The molecule has 0 fully saturated rings. The van der Waals surface area contributed by atoms with E-state index in [4.69, 9.17) is 15.0 Å². The number of hydrogen-bond acceptors (Lipinski definition) is 4. The van der Waals surface area contributed by atoms with Gasteiger partial charge in [-0.25, -0.2) is 15.0 Å². The van der Waals surface area contributed by atoms with Gasteiger partial charge in [-0.05, 0) is 58.7 Å². The Labute approximate surface area is 279 Å². The molecule has 0 amide bonds. The minimum Gasteiger partial charge on any atom is -0.248 e. The lowest BCUT2D eigenvalue weighted by atomic mass is 9.97. The van der Waals surface area contributed by atoms with Crippen LogP contribution >= 0.6 is 0 Å². The Hall–Kier alpha value is -6.70. The molecule has 8 rings (SSSR count). The molecule has 0 bridgehead atoms. The van der Waals surface area contributed by atoms with Gasteiger partial charge in [-0.15, -0.1) is 0 Å². The van der Waals surface area contributed by atoms with E-state index in [-0.39, 0.29) is 0 Å². The lowest BCUT2D eigenvalue weighted by Crippen LogP contribution is -1.96. The van der Waals surface area contributed by atoms with E-state index in [2.05, 4.69) is 103 Å². The van der Waals surface area contributed by atoms with E-state index >= 15 is 0 Å². The van der Waals surface area contributed by atoms with Crippen molar-refractivity contribution in [2.45, 2.75) is 0 Å². The van der Waals surface area contributed by atoms with Crippen LogP contribution in [0.3, 0.4) is 0 Å². The highest BCUT2D eigenvalue weighted by atomic mass is 14.8. The average Bonchev–Trinajstić information content (AvgIpc) is 3.18. The fourth-order valence-corrected chi connectivity index (χ4v) is 5.99. The summed E-state index contributed by atoms with van der Waals surface area (Å²) in [6.45, 7) is 0. The molecule has 0 radical (unpaired) electrons. The fourth-order valence-electron chi connectivity index (χ4n) is 5.99. The standard InChI is InChI=1S/C44H28N4/c45-29-30-15-17-36(18-16-30)43-44(48-40-14-8-7-13-39(40)47-43)37-25-21-33(22-26-37)38-27-41(34-11-5-2-6-12-34)46-42(28-38)35-23-19-32(20-24-35)31-9-3-1-4-10-31/h1-28H. The minimum absolute atomic E-state index is 0.608. The smallest absolute Gasteiger partial charge is 0.0991 e. The summed E-state index contributed by atoms with van der Waals surface area (Å²) in [4.78, 5) is 15.2. The van der Waals surface area contributed by atoms with Crippen LogP contribution < -0.4 is 0 Å². The summed E-state index contributed by atoms with van der Waals surface area (Å²) in [7, 11) is 0. The van der Waals surface area contributed by atoms with Gasteiger partial charge in [0.25, 0.3) is 0 Å². The molecule has 0 aliphatic heterocycles. The molecule has 0 atom stereocenters. The van der Waals surface area contributed by atoms with E-state index in [1.165, 1.54) is 11.1 Å². The van der Waals surface area contributed by atoms with Crippen LogP contribution in [0.4, 0.5) is 0 Å². The maximum absolute atomic E-state index is 9.33. The van der Waals surface area contributed by atoms with Crippen molar-refractivity contribution < 1.29 is 0 Å². The second-order valence-corrected chi connectivity index (χ2v) is 11.6. The number of nitrogens with zero attached hydrogens (tertiary/aromatic N) is 4. The quantitative estimate of drug-likeness (QED) is 0.187. The zero-order valence-corrected chi connectivity index (χ0v) is 26.0. The summed E-state index contributed by atoms with van der Waals surface area (Å²) in [5.74, 6) is 0. The van der Waals surface area contributed by atoms with Gasteiger partial charge in [-0.3, -0.25) is 0 Å². The molecule has 8 aromatic rings. The van der Waals surface area contributed by atoms with Gasteiger partial charge in [0, 0.05) is 22.3 Å². The Morgan fingerprint density at radius 3 is 1.23 bits per heavy atom. The highest BCUT2D eigenvalue weighted by Crippen LogP contribution is 2.35. The molecule has 0 aliphatic rings. The second-order valence-electron chi connectivity index (χ2n) is 11.6. The van der Waals surface area contributed by atoms with Crippen LogP contribution in [0.1, 0.15) is 5.56 Å². The van der Waals surface area contributed by atoms with Crippen LogP contribution in [0.5, 0.6) is 0 Å². The fraction of sp³-hybridized carbons (Fsp3) is 0. The number of nitriles is 1. The van der Waals surface area contributed by atoms with Crippen LogP contribution in [-0.4, -0.2) is 15.0 Å². The summed E-state index contributed by atoms with van der Waals surface area (Å²) in [5.41, 5.74) is 14.2. The Morgan fingerprint density at radius 1 is 0.333 bits per heavy atom. The van der Waals surface area contributed by atoms with Gasteiger partial charge < -0.3 is 0 Å². The Kier molecular flexibility index (Phi) is 7.54. The van der Waals surface area contributed by atoms with Crippen LogP contribution in [0.25, 0.3) is 78.3 Å². The summed E-state index contributed by atoms with van der Waals surface area (Å²) in [5, 5.41) is 9.33. The van der Waals surface area contributed by atoms with Crippen molar-refractivity contribution in [3.63, 3.8) is 0 Å². The average molecular weight is 613 g/mol. The molecule has 48 heavy (non-hydrogen) atoms. The van der Waals surface area contributed by atoms with Crippen molar-refractivity contribution in [1.29, 1.82) is 5.26 Å². The van der Waals surface area contributed by atoms with Gasteiger partial charge in [0.2, 0.25) is 0 Å². The van der Waals surface area contributed by atoms with Gasteiger partial charge in [-0.1, -0.05) is 133 Å². The molecular weight excluding hydrogens is 585 g/mol. The molecule has 6 aromatic carbocycles. The first-order chi connectivity index (χ1) is 23.7. The van der Waals surface area contributed by atoms with Gasteiger partial charge in [-0.2, -0.15) is 5.26 Å². The SMILES string of the molecule is N#Cc1ccc(-c2nc3ccccc3nc2-c2ccc(-c3cc(-c4ccccc4)nc(-c4ccc(-c5ccccc5)cc4)c3)cc2)cc1. The van der Waals surface area contributed by atoms with Crippen molar-refractivity contribution in [2.75, 3.05) is 0 Å². The minimum atomic E-state index is 0.608. The lowest BCUT2D eigenvalue weighted by Gasteiger charge is -2.13. The maximum atomic E-state index is 9.33. The van der Waals surface area contributed by atoms with Gasteiger partial charge in [0.15, 0.2) is 0 Å². The van der Waals surface area contributed by atoms with Crippen LogP contribution in [0.15, 0.2) is 170 Å². The molecule has 0 saturated heterocycles. The van der Waals surface area contributed by atoms with Crippen molar-refractivity contribution in [2.24, 2.45) is 0 Å². The third-order valence-corrected chi connectivity index (χ3v) is 8.53. The number of benzene rings is 6. The first kappa shape index (κ1) is 28.8. The van der Waals surface area contributed by atoms with Crippen LogP contribution in [-0.2, 0) is 0 Å². The van der Waals surface area contributed by atoms with E-state index in [0.717, 1.165) is 67.2 Å². The number of aromatic nitrogens is 3. The Bertz CT molecular complexity index is 2410. The van der Waals surface area contributed by atoms with Gasteiger partial charge in [0.1, 0.15) is 0 Å². The van der Waals surface area contributed by atoms with Crippen molar-refractivity contribution in [1.82, 2.24) is 15.0 Å². The summed E-state index contributed by atoms with van der Waals surface area (Å²) >= 11 is 0. The van der Waals surface area contributed by atoms with Gasteiger partial charge in [0.05, 0.1) is 45.4 Å². The monoisotopic (exact) mass is 612 g/mol. The van der Waals surface area contributed by atoms with Gasteiger partial charge >= 0.3 is 0 Å². The van der Waals surface area contributed by atoms with Crippen molar-refractivity contribution >= 4 is 11.0 Å². The normalized spacial score (nSPS) is 10.9. The number of hydrogen-bond donors (Lipinski definition) is 0. The molecule has 0 saturated carbocycles. The van der Waals surface area contributed by atoms with E-state index in [0.29, 0.717) is 5.56 Å². The van der Waals surface area contributed by atoms with E-state index in [1.54, 1.807) is 0 Å². The second kappa shape index (κ2) is 12.6. The molecular formula is C44H28N4. The van der Waals surface area contributed by atoms with E-state index in [9.17, 15) is 5.26 Å². The first-order valence-electron chi connectivity index (χ1n) is 15.8.